The fraction of sp³-hybridized carbons (Fsp3) is 0.452. The molecule has 0 radical (unpaired) electrons. The molecule has 2 fully saturated rings. The molecule has 12 nitrogen and oxygen atoms in total. The van der Waals surface area contributed by atoms with Crippen LogP contribution in [0.25, 0.3) is 16.9 Å². The average Bonchev–Trinajstić information content (AvgIpc) is 3.57. The van der Waals surface area contributed by atoms with Crippen molar-refractivity contribution in [3.8, 4) is 11.3 Å². The van der Waals surface area contributed by atoms with Gasteiger partial charge < -0.3 is 21.3 Å². The highest BCUT2D eigenvalue weighted by atomic mass is 19.1. The number of aromatic nitrogens is 5. The molecule has 1 aliphatic carbocycles. The van der Waals surface area contributed by atoms with E-state index < -0.39 is 5.82 Å². The molecule has 6 rings (SSSR count). The van der Waals surface area contributed by atoms with Crippen molar-refractivity contribution in [1.82, 2.24) is 39.7 Å². The molecule has 3 aromatic heterocycles. The lowest BCUT2D eigenvalue weighted by molar-refractivity contribution is -0.122. The minimum Gasteiger partial charge on any atom is -0.355 e. The van der Waals surface area contributed by atoms with E-state index in [0.717, 1.165) is 55.5 Å². The van der Waals surface area contributed by atoms with Gasteiger partial charge >= 0.3 is 0 Å². The zero-order valence-electron chi connectivity index (χ0n) is 24.8. The second-order valence-electron chi connectivity index (χ2n) is 11.6. The van der Waals surface area contributed by atoms with Crippen molar-refractivity contribution in [2.75, 3.05) is 51.1 Å². The molecule has 5 N–H and O–H groups in total. The van der Waals surface area contributed by atoms with Crippen LogP contribution >= 0.6 is 0 Å². The highest BCUT2D eigenvalue weighted by Gasteiger charge is 2.28. The van der Waals surface area contributed by atoms with E-state index in [0.29, 0.717) is 63.2 Å². The number of aromatic amines is 1. The van der Waals surface area contributed by atoms with Gasteiger partial charge in [-0.2, -0.15) is 5.10 Å². The van der Waals surface area contributed by atoms with Gasteiger partial charge in [0.15, 0.2) is 11.5 Å². The number of hydrogen-bond donors (Lipinski definition) is 4. The maximum atomic E-state index is 15.4. The Labute approximate surface area is 255 Å². The van der Waals surface area contributed by atoms with Crippen LogP contribution in [0.1, 0.15) is 60.5 Å². The molecular weight excluding hydrogens is 563 g/mol. The zero-order valence-corrected chi connectivity index (χ0v) is 24.8. The molecule has 0 atom stereocenters. The Balaban J connectivity index is 1.06. The number of unbranched alkanes of at least 4 members (excludes halogenated alkanes) is 3. The van der Waals surface area contributed by atoms with Crippen molar-refractivity contribution in [2.24, 2.45) is 5.73 Å². The second-order valence-corrected chi connectivity index (χ2v) is 11.6. The summed E-state index contributed by atoms with van der Waals surface area (Å²) in [6, 6.07) is 4.47. The molecule has 1 saturated carbocycles. The van der Waals surface area contributed by atoms with Crippen LogP contribution in [0.3, 0.4) is 0 Å². The Hall–Kier alpha value is -4.36. The Kier molecular flexibility index (Phi) is 9.12. The van der Waals surface area contributed by atoms with Crippen LogP contribution in [0, 0.1) is 5.82 Å². The number of hydrogen-bond acceptors (Lipinski definition) is 8. The van der Waals surface area contributed by atoms with Crippen LogP contribution in [0.5, 0.6) is 0 Å². The number of fused-ring (bicyclic) bond motifs is 1. The van der Waals surface area contributed by atoms with Gasteiger partial charge in [0, 0.05) is 62.2 Å². The van der Waals surface area contributed by atoms with Crippen molar-refractivity contribution < 1.29 is 14.0 Å². The van der Waals surface area contributed by atoms with E-state index in [9.17, 15) is 9.59 Å². The molecule has 4 aromatic rings. The molecule has 232 valence electrons. The van der Waals surface area contributed by atoms with Gasteiger partial charge in [-0.05, 0) is 50.4 Å². The molecular formula is C31H39FN10O2. The lowest BCUT2D eigenvalue weighted by Gasteiger charge is -2.34. The predicted octanol–water partition coefficient (Wildman–Crippen LogP) is 3.27. The molecule has 44 heavy (non-hydrogen) atoms. The maximum Gasteiger partial charge on any atom is 0.254 e. The summed E-state index contributed by atoms with van der Waals surface area (Å²) in [5.74, 6) is 0.0415. The Morgan fingerprint density at radius 2 is 1.89 bits per heavy atom. The first-order chi connectivity index (χ1) is 21.5. The summed E-state index contributed by atoms with van der Waals surface area (Å²) >= 11 is 0. The quantitative estimate of drug-likeness (QED) is 0.170. The number of nitrogens with zero attached hydrogens (tertiary/aromatic N) is 6. The van der Waals surface area contributed by atoms with Gasteiger partial charge in [-0.25, -0.2) is 14.4 Å². The summed E-state index contributed by atoms with van der Waals surface area (Å²) in [5, 5.41) is 13.0. The molecule has 0 bridgehead atoms. The van der Waals surface area contributed by atoms with Crippen LogP contribution in [-0.2, 0) is 4.79 Å². The van der Waals surface area contributed by atoms with Gasteiger partial charge in [-0.1, -0.05) is 12.8 Å². The first-order valence-electron chi connectivity index (χ1n) is 15.4. The van der Waals surface area contributed by atoms with Crippen molar-refractivity contribution in [3.63, 3.8) is 0 Å². The molecule has 2 amide bonds. The fourth-order valence-electron chi connectivity index (χ4n) is 5.55. The third-order valence-electron chi connectivity index (χ3n) is 8.25. The Bertz CT molecular complexity index is 1590. The summed E-state index contributed by atoms with van der Waals surface area (Å²) in [7, 11) is 0. The summed E-state index contributed by atoms with van der Waals surface area (Å²) in [6.45, 7) is 3.80. The van der Waals surface area contributed by atoms with E-state index in [1.807, 2.05) is 15.5 Å². The number of nitrogens with two attached hydrogens (primary N) is 1. The van der Waals surface area contributed by atoms with E-state index >= 15 is 4.39 Å². The molecule has 0 unspecified atom stereocenters. The van der Waals surface area contributed by atoms with E-state index in [-0.39, 0.29) is 23.1 Å². The SMILES string of the molecule is NCCCCCCNC(=O)CN1CCN(C(=O)c2ccc(Nc3nc(C4CC4)cn4c(-c5cn[nH]c5)cnc34)c(F)c2)CC1. The number of imidazole rings is 1. The number of piperazine rings is 1. The predicted molar refractivity (Wildman–Crippen MR) is 165 cm³/mol. The number of amides is 2. The molecule has 1 aromatic carbocycles. The molecule has 2 aliphatic rings. The van der Waals surface area contributed by atoms with Gasteiger partial charge in [0.1, 0.15) is 5.82 Å². The fourth-order valence-corrected chi connectivity index (χ4v) is 5.55. The number of rotatable bonds is 13. The number of H-pyrrole nitrogens is 1. The summed E-state index contributed by atoms with van der Waals surface area (Å²) in [5.41, 5.74) is 9.24. The van der Waals surface area contributed by atoms with Gasteiger partial charge in [0.05, 0.1) is 36.0 Å². The van der Waals surface area contributed by atoms with Gasteiger partial charge in [0.2, 0.25) is 5.91 Å². The van der Waals surface area contributed by atoms with E-state index in [1.54, 1.807) is 35.6 Å². The first kappa shape index (κ1) is 29.7. The number of carbonyl (C=O) groups excluding carboxylic acids is 2. The number of nitrogens with one attached hydrogen (secondary N) is 3. The van der Waals surface area contributed by atoms with Crippen molar-refractivity contribution in [3.05, 3.63) is 60.1 Å². The number of benzene rings is 1. The Morgan fingerprint density at radius 3 is 2.61 bits per heavy atom. The van der Waals surface area contributed by atoms with Crippen LogP contribution in [-0.4, -0.2) is 92.0 Å². The highest BCUT2D eigenvalue weighted by molar-refractivity contribution is 5.95. The lowest BCUT2D eigenvalue weighted by atomic mass is 10.1. The van der Waals surface area contributed by atoms with Crippen LogP contribution < -0.4 is 16.4 Å². The highest BCUT2D eigenvalue weighted by Crippen LogP contribution is 2.40. The molecule has 13 heteroatoms. The van der Waals surface area contributed by atoms with Crippen LogP contribution in [0.15, 0.2) is 43.0 Å². The third kappa shape index (κ3) is 6.89. The summed E-state index contributed by atoms with van der Waals surface area (Å²) < 4.78 is 17.4. The minimum atomic E-state index is -0.549. The molecule has 1 aliphatic heterocycles. The zero-order chi connectivity index (χ0) is 30.5. The number of anilines is 2. The normalized spacial score (nSPS) is 15.5. The standard InChI is InChI=1S/C31H39FN10O2/c32-24-15-22(31(44)41-13-11-40(12-14-41)20-28(43)34-10-4-2-1-3-9-33)7-8-25(24)38-29-30-35-18-27(23-16-36-37-17-23)42(30)19-26(39-29)21-5-6-21/h7-8,15-19,21H,1-6,9-14,20,33H2,(H,34,43)(H,36,37)(H,38,39). The van der Waals surface area contributed by atoms with Crippen LogP contribution in [0.4, 0.5) is 15.9 Å². The minimum absolute atomic E-state index is 0.00348. The molecule has 4 heterocycles. The molecule has 1 saturated heterocycles. The van der Waals surface area contributed by atoms with Crippen LogP contribution in [0.2, 0.25) is 0 Å². The smallest absolute Gasteiger partial charge is 0.254 e. The number of halogens is 1. The van der Waals surface area contributed by atoms with E-state index in [2.05, 4.69) is 25.8 Å². The lowest BCUT2D eigenvalue weighted by Crippen LogP contribution is -2.51. The van der Waals surface area contributed by atoms with Gasteiger partial charge in [-0.3, -0.25) is 24.0 Å². The van der Waals surface area contributed by atoms with Gasteiger partial charge in [-0.15, -0.1) is 0 Å². The molecule has 0 spiro atoms. The topological polar surface area (TPSA) is 150 Å². The summed E-state index contributed by atoms with van der Waals surface area (Å²) in [6.07, 6.45) is 13.5. The Morgan fingerprint density at radius 1 is 1.07 bits per heavy atom. The second kappa shape index (κ2) is 13.5. The van der Waals surface area contributed by atoms with Gasteiger partial charge in [0.25, 0.3) is 5.91 Å². The van der Waals surface area contributed by atoms with Crippen molar-refractivity contribution in [1.29, 1.82) is 0 Å². The average molecular weight is 603 g/mol. The van der Waals surface area contributed by atoms with E-state index in [4.69, 9.17) is 10.7 Å². The maximum absolute atomic E-state index is 15.4. The summed E-state index contributed by atoms with van der Waals surface area (Å²) in [4.78, 5) is 38.6. The first-order valence-corrected chi connectivity index (χ1v) is 15.4. The monoisotopic (exact) mass is 602 g/mol. The van der Waals surface area contributed by atoms with E-state index in [1.165, 1.54) is 6.07 Å². The third-order valence-corrected chi connectivity index (χ3v) is 8.25. The largest absolute Gasteiger partial charge is 0.355 e. The number of carbonyl (C=O) groups is 2. The van der Waals surface area contributed by atoms with Crippen molar-refractivity contribution in [2.45, 2.75) is 44.4 Å². The van der Waals surface area contributed by atoms with Crippen molar-refractivity contribution >= 4 is 29.0 Å².